The standard InChI is InChI=1S/C36H49N3O7/c1-4-14-30(23-33(41)38-27(3)24-40)34(42)39-32(20-12-13-21-37-36(44)46-25-29-18-10-7-11-19-29)26-45-35(43)31(15-5-2)22-28-16-8-6-9-17-28/h4-11,16-19,27,30-32,40H,1-2,12-15,20-26H2,3H3,(H,37,44)(H,38,41)(H,39,42)/t27-,30-,31-,32-/m0/s1. The number of benzene rings is 2. The number of carbonyl (C=O) groups is 4. The molecule has 0 fully saturated rings. The second-order valence-electron chi connectivity index (χ2n) is 11.3. The average molecular weight is 636 g/mol. The van der Waals surface area contributed by atoms with Crippen molar-refractivity contribution in [1.82, 2.24) is 16.0 Å². The van der Waals surface area contributed by atoms with Crippen LogP contribution in [0.5, 0.6) is 0 Å². The summed E-state index contributed by atoms with van der Waals surface area (Å²) < 4.78 is 11.0. The molecule has 0 aliphatic rings. The number of amides is 3. The van der Waals surface area contributed by atoms with Gasteiger partial charge in [0.25, 0.3) is 0 Å². The van der Waals surface area contributed by atoms with E-state index in [1.165, 1.54) is 0 Å². The maximum Gasteiger partial charge on any atom is 0.407 e. The van der Waals surface area contributed by atoms with Crippen molar-refractivity contribution < 1.29 is 33.8 Å². The van der Waals surface area contributed by atoms with Crippen LogP contribution in [0.15, 0.2) is 86.0 Å². The fourth-order valence-corrected chi connectivity index (χ4v) is 4.75. The second-order valence-corrected chi connectivity index (χ2v) is 11.3. The molecule has 3 amide bonds. The molecule has 0 heterocycles. The highest BCUT2D eigenvalue weighted by molar-refractivity contribution is 5.86. The van der Waals surface area contributed by atoms with Crippen LogP contribution in [0.25, 0.3) is 0 Å². The van der Waals surface area contributed by atoms with E-state index in [2.05, 4.69) is 29.1 Å². The molecule has 2 aromatic rings. The predicted molar refractivity (Wildman–Crippen MR) is 177 cm³/mol. The first-order valence-corrected chi connectivity index (χ1v) is 15.8. The van der Waals surface area contributed by atoms with E-state index in [0.717, 1.165) is 11.1 Å². The average Bonchev–Trinajstić information content (AvgIpc) is 3.06. The van der Waals surface area contributed by atoms with E-state index in [4.69, 9.17) is 9.47 Å². The summed E-state index contributed by atoms with van der Waals surface area (Å²) in [5.74, 6) is -2.21. The zero-order valence-corrected chi connectivity index (χ0v) is 26.8. The highest BCUT2D eigenvalue weighted by Crippen LogP contribution is 2.16. The molecule has 4 N–H and O–H groups in total. The Hall–Kier alpha value is -4.44. The molecule has 10 nitrogen and oxygen atoms in total. The van der Waals surface area contributed by atoms with Gasteiger partial charge >= 0.3 is 12.1 Å². The topological polar surface area (TPSA) is 143 Å². The van der Waals surface area contributed by atoms with Crippen molar-refractivity contribution in [3.05, 3.63) is 97.1 Å². The van der Waals surface area contributed by atoms with Crippen molar-refractivity contribution in [3.8, 4) is 0 Å². The second kappa shape index (κ2) is 22.1. The van der Waals surface area contributed by atoms with Crippen LogP contribution in [0, 0.1) is 11.8 Å². The first-order chi connectivity index (χ1) is 22.2. The maximum atomic E-state index is 13.3. The number of rotatable bonds is 22. The molecular formula is C36H49N3O7. The van der Waals surface area contributed by atoms with Crippen molar-refractivity contribution in [2.24, 2.45) is 11.8 Å². The molecule has 4 atom stereocenters. The van der Waals surface area contributed by atoms with Gasteiger partial charge in [0.1, 0.15) is 13.2 Å². The highest BCUT2D eigenvalue weighted by Gasteiger charge is 2.26. The normalized spacial score (nSPS) is 13.3. The molecule has 2 aromatic carbocycles. The van der Waals surface area contributed by atoms with Gasteiger partial charge < -0.3 is 30.5 Å². The molecule has 0 aliphatic heterocycles. The van der Waals surface area contributed by atoms with Crippen LogP contribution in [0.2, 0.25) is 0 Å². The van der Waals surface area contributed by atoms with E-state index in [1.807, 2.05) is 60.7 Å². The monoisotopic (exact) mass is 635 g/mol. The summed E-state index contributed by atoms with van der Waals surface area (Å²) in [6, 6.07) is 18.1. The number of hydrogen-bond donors (Lipinski definition) is 4. The van der Waals surface area contributed by atoms with E-state index in [9.17, 15) is 24.3 Å². The minimum atomic E-state index is -0.686. The van der Waals surface area contributed by atoms with Crippen LogP contribution in [0.1, 0.15) is 56.6 Å². The van der Waals surface area contributed by atoms with Gasteiger partial charge in [0.05, 0.1) is 24.5 Å². The van der Waals surface area contributed by atoms with Gasteiger partial charge in [-0.2, -0.15) is 0 Å². The van der Waals surface area contributed by atoms with Gasteiger partial charge in [-0.1, -0.05) is 72.8 Å². The lowest BCUT2D eigenvalue weighted by Gasteiger charge is -2.24. The van der Waals surface area contributed by atoms with E-state index >= 15 is 0 Å². The Balaban J connectivity index is 1.98. The van der Waals surface area contributed by atoms with Gasteiger partial charge in [0.15, 0.2) is 0 Å². The van der Waals surface area contributed by atoms with E-state index in [-0.39, 0.29) is 50.4 Å². The third-order valence-electron chi connectivity index (χ3n) is 7.28. The quantitative estimate of drug-likeness (QED) is 0.0840. The Morgan fingerprint density at radius 2 is 1.48 bits per heavy atom. The molecule has 0 spiro atoms. The zero-order valence-electron chi connectivity index (χ0n) is 26.8. The molecule has 0 aromatic heterocycles. The van der Waals surface area contributed by atoms with Crippen LogP contribution >= 0.6 is 0 Å². The Bertz CT molecular complexity index is 1220. The Kier molecular flexibility index (Phi) is 18.2. The first-order valence-electron chi connectivity index (χ1n) is 15.8. The van der Waals surface area contributed by atoms with Gasteiger partial charge in [-0.05, 0) is 56.6 Å². The molecule has 2 rings (SSSR count). The van der Waals surface area contributed by atoms with Crippen molar-refractivity contribution in [2.45, 2.75) is 70.6 Å². The summed E-state index contributed by atoms with van der Waals surface area (Å²) >= 11 is 0. The zero-order chi connectivity index (χ0) is 33.6. The van der Waals surface area contributed by atoms with Gasteiger partial charge in [0.2, 0.25) is 11.8 Å². The van der Waals surface area contributed by atoms with Crippen molar-refractivity contribution >= 4 is 23.9 Å². The van der Waals surface area contributed by atoms with Crippen LogP contribution in [0.3, 0.4) is 0 Å². The van der Waals surface area contributed by atoms with Crippen LogP contribution in [0.4, 0.5) is 4.79 Å². The number of unbranched alkanes of at least 4 members (excludes halogenated alkanes) is 1. The Labute approximate surface area is 272 Å². The Morgan fingerprint density at radius 3 is 2.11 bits per heavy atom. The first kappa shape index (κ1) is 37.7. The Morgan fingerprint density at radius 1 is 0.848 bits per heavy atom. The third-order valence-corrected chi connectivity index (χ3v) is 7.28. The predicted octanol–water partition coefficient (Wildman–Crippen LogP) is 4.63. The van der Waals surface area contributed by atoms with Crippen molar-refractivity contribution in [2.75, 3.05) is 19.8 Å². The summed E-state index contributed by atoms with van der Waals surface area (Å²) in [5, 5.41) is 17.6. The lowest BCUT2D eigenvalue weighted by Crippen LogP contribution is -2.44. The minimum absolute atomic E-state index is 0.0475. The van der Waals surface area contributed by atoms with Gasteiger partial charge in [-0.15, -0.1) is 13.2 Å². The summed E-state index contributed by atoms with van der Waals surface area (Å²) in [5.41, 5.74) is 1.90. The molecule has 0 unspecified atom stereocenters. The number of aliphatic hydroxyl groups is 1. The van der Waals surface area contributed by atoms with Crippen molar-refractivity contribution in [1.29, 1.82) is 0 Å². The SMILES string of the molecule is C=CC[C@@H](CC(=O)N[C@@H](C)CO)C(=O)N[C@@H](CCCCNC(=O)OCc1ccccc1)COC(=O)[C@@H](CC=C)Cc1ccccc1. The van der Waals surface area contributed by atoms with Gasteiger partial charge in [-0.3, -0.25) is 14.4 Å². The van der Waals surface area contributed by atoms with Crippen LogP contribution in [-0.2, 0) is 36.9 Å². The van der Waals surface area contributed by atoms with Gasteiger partial charge in [-0.25, -0.2) is 4.79 Å². The van der Waals surface area contributed by atoms with Crippen LogP contribution < -0.4 is 16.0 Å². The summed E-state index contributed by atoms with van der Waals surface area (Å²) in [4.78, 5) is 51.0. The highest BCUT2D eigenvalue weighted by atomic mass is 16.5. The third kappa shape index (κ3) is 15.5. The fraction of sp³-hybridized carbons (Fsp3) is 0.444. The summed E-state index contributed by atoms with van der Waals surface area (Å²) in [7, 11) is 0. The number of nitrogens with one attached hydrogen (secondary N) is 3. The minimum Gasteiger partial charge on any atom is -0.463 e. The lowest BCUT2D eigenvalue weighted by molar-refractivity contribution is -0.150. The lowest BCUT2D eigenvalue weighted by atomic mass is 9.96. The number of alkyl carbamates (subject to hydrolysis) is 1. The van der Waals surface area contributed by atoms with E-state index in [0.29, 0.717) is 38.6 Å². The number of ether oxygens (including phenoxy) is 2. The molecule has 250 valence electrons. The molecule has 0 saturated heterocycles. The number of hydrogen-bond acceptors (Lipinski definition) is 7. The molecule has 0 radical (unpaired) electrons. The fourth-order valence-electron chi connectivity index (χ4n) is 4.75. The number of esters is 1. The maximum absolute atomic E-state index is 13.3. The van der Waals surface area contributed by atoms with Crippen LogP contribution in [-0.4, -0.2) is 60.8 Å². The number of carbonyl (C=O) groups excluding carboxylic acids is 4. The molecule has 0 aliphatic carbocycles. The molecule has 10 heteroatoms. The van der Waals surface area contributed by atoms with E-state index in [1.54, 1.807) is 19.1 Å². The molecule has 0 saturated carbocycles. The molecule has 0 bridgehead atoms. The molecule has 46 heavy (non-hydrogen) atoms. The van der Waals surface area contributed by atoms with E-state index < -0.39 is 30.0 Å². The summed E-state index contributed by atoms with van der Waals surface area (Å²) in [6.45, 7) is 9.45. The van der Waals surface area contributed by atoms with Gasteiger partial charge in [0, 0.05) is 19.0 Å². The smallest absolute Gasteiger partial charge is 0.407 e. The van der Waals surface area contributed by atoms with Crippen molar-refractivity contribution in [3.63, 3.8) is 0 Å². The number of aliphatic hydroxyl groups excluding tert-OH is 1. The molecular weight excluding hydrogens is 586 g/mol. The largest absolute Gasteiger partial charge is 0.463 e. The summed E-state index contributed by atoms with van der Waals surface area (Å²) in [6.07, 6.45) is 5.57. The number of allylic oxidation sites excluding steroid dienone is 2.